The van der Waals surface area contributed by atoms with Gasteiger partial charge in [0.2, 0.25) is 0 Å². The summed E-state index contributed by atoms with van der Waals surface area (Å²) in [5.74, 6) is 2.81. The molecule has 0 unspecified atom stereocenters. The Bertz CT molecular complexity index is 600. The zero-order valence-corrected chi connectivity index (χ0v) is 12.5. The van der Waals surface area contributed by atoms with E-state index in [0.29, 0.717) is 11.7 Å². The molecule has 21 heavy (non-hydrogen) atoms. The molecule has 0 bridgehead atoms. The average Bonchev–Trinajstić information content (AvgIpc) is 2.48. The molecule has 1 N–H and O–H groups in total. The summed E-state index contributed by atoms with van der Waals surface area (Å²) in [5.41, 5.74) is 0.972. The first kappa shape index (κ1) is 13.9. The molecule has 3 heterocycles. The number of nitrogens with zero attached hydrogens (tertiary/aromatic N) is 5. The van der Waals surface area contributed by atoms with Gasteiger partial charge in [-0.05, 0) is 33.4 Å². The Kier molecular flexibility index (Phi) is 4.06. The van der Waals surface area contributed by atoms with Crippen molar-refractivity contribution in [2.75, 3.05) is 25.5 Å². The summed E-state index contributed by atoms with van der Waals surface area (Å²) >= 11 is 0. The Morgan fingerprint density at radius 2 is 2.14 bits per heavy atom. The monoisotopic (exact) mass is 284 g/mol. The molecule has 1 aliphatic heterocycles. The third-order valence-corrected chi connectivity index (χ3v) is 3.68. The molecule has 1 fully saturated rings. The Morgan fingerprint density at radius 3 is 2.90 bits per heavy atom. The third kappa shape index (κ3) is 3.52. The molecule has 6 heteroatoms. The highest BCUT2D eigenvalue weighted by Gasteiger charge is 2.22. The summed E-state index contributed by atoms with van der Waals surface area (Å²) in [6.45, 7) is 4.18. The number of aromatic nitrogens is 4. The minimum Gasteiger partial charge on any atom is -0.324 e. The predicted octanol–water partition coefficient (Wildman–Crippen LogP) is 2.13. The molecule has 1 aliphatic rings. The van der Waals surface area contributed by atoms with Crippen molar-refractivity contribution in [2.45, 2.75) is 25.7 Å². The van der Waals surface area contributed by atoms with Gasteiger partial charge in [0, 0.05) is 36.6 Å². The predicted molar refractivity (Wildman–Crippen MR) is 81.6 cm³/mol. The van der Waals surface area contributed by atoms with Crippen LogP contribution < -0.4 is 5.32 Å². The standard InChI is InChI=1S/C15H20N6/c1-11-8-13(19-14-9-16-5-6-17-14)20-15(18-11)12-4-3-7-21(2)10-12/h5-6,8-9,12H,3-4,7,10H2,1-2H3,(H,17,18,19,20)/t12-/m1/s1. The Balaban J connectivity index is 1.82. The van der Waals surface area contributed by atoms with Gasteiger partial charge < -0.3 is 10.2 Å². The van der Waals surface area contributed by atoms with Crippen LogP contribution in [0.25, 0.3) is 0 Å². The second-order valence-electron chi connectivity index (χ2n) is 5.57. The van der Waals surface area contributed by atoms with E-state index in [2.05, 4.69) is 37.2 Å². The molecule has 1 saturated heterocycles. The fraction of sp³-hybridized carbons (Fsp3) is 0.467. The molecule has 2 aromatic rings. The Labute approximate surface area is 124 Å². The molecule has 6 nitrogen and oxygen atoms in total. The normalized spacial score (nSPS) is 19.4. The molecule has 0 aliphatic carbocycles. The first-order valence-electron chi connectivity index (χ1n) is 7.28. The first-order chi connectivity index (χ1) is 10.2. The number of piperidine rings is 1. The van der Waals surface area contributed by atoms with E-state index in [-0.39, 0.29) is 0 Å². The van der Waals surface area contributed by atoms with Gasteiger partial charge in [-0.25, -0.2) is 15.0 Å². The lowest BCUT2D eigenvalue weighted by Gasteiger charge is -2.28. The van der Waals surface area contributed by atoms with Gasteiger partial charge in [0.15, 0.2) is 0 Å². The van der Waals surface area contributed by atoms with Crippen LogP contribution in [-0.2, 0) is 0 Å². The highest BCUT2D eigenvalue weighted by Crippen LogP contribution is 2.25. The van der Waals surface area contributed by atoms with Gasteiger partial charge in [0.05, 0.1) is 6.20 Å². The average molecular weight is 284 g/mol. The summed E-state index contributed by atoms with van der Waals surface area (Å²) in [4.78, 5) is 19.9. The van der Waals surface area contributed by atoms with Gasteiger partial charge in [-0.2, -0.15) is 0 Å². The molecule has 0 aromatic carbocycles. The van der Waals surface area contributed by atoms with E-state index >= 15 is 0 Å². The molecule has 0 radical (unpaired) electrons. The van der Waals surface area contributed by atoms with Crippen LogP contribution in [0, 0.1) is 6.92 Å². The van der Waals surface area contributed by atoms with Crippen LogP contribution in [0.5, 0.6) is 0 Å². The molecular formula is C15H20N6. The van der Waals surface area contributed by atoms with Crippen molar-refractivity contribution in [3.63, 3.8) is 0 Å². The second kappa shape index (κ2) is 6.13. The van der Waals surface area contributed by atoms with Crippen molar-refractivity contribution >= 4 is 11.6 Å². The van der Waals surface area contributed by atoms with E-state index in [0.717, 1.165) is 36.8 Å². The molecule has 1 atom stereocenters. The van der Waals surface area contributed by atoms with Gasteiger partial charge >= 0.3 is 0 Å². The largest absolute Gasteiger partial charge is 0.324 e. The van der Waals surface area contributed by atoms with Gasteiger partial charge in [-0.1, -0.05) is 0 Å². The lowest BCUT2D eigenvalue weighted by Crippen LogP contribution is -2.31. The third-order valence-electron chi connectivity index (χ3n) is 3.68. The quantitative estimate of drug-likeness (QED) is 0.931. The number of likely N-dealkylation sites (N-methyl/N-ethyl adjacent to an activating group) is 1. The maximum atomic E-state index is 4.67. The highest BCUT2D eigenvalue weighted by atomic mass is 15.1. The first-order valence-corrected chi connectivity index (χ1v) is 7.28. The van der Waals surface area contributed by atoms with Crippen molar-refractivity contribution in [3.05, 3.63) is 36.2 Å². The van der Waals surface area contributed by atoms with Crippen molar-refractivity contribution < 1.29 is 0 Å². The van der Waals surface area contributed by atoms with Crippen molar-refractivity contribution in [3.8, 4) is 0 Å². The van der Waals surface area contributed by atoms with Crippen LogP contribution in [0.4, 0.5) is 11.6 Å². The number of aryl methyl sites for hydroxylation is 1. The second-order valence-corrected chi connectivity index (χ2v) is 5.57. The SMILES string of the molecule is Cc1cc(Nc2cnccn2)nc([C@@H]2CCCN(C)C2)n1. The van der Waals surface area contributed by atoms with Crippen LogP contribution in [0.15, 0.2) is 24.7 Å². The Morgan fingerprint density at radius 1 is 1.24 bits per heavy atom. The van der Waals surface area contributed by atoms with E-state index in [1.807, 2.05) is 13.0 Å². The summed E-state index contributed by atoms with van der Waals surface area (Å²) in [7, 11) is 2.15. The molecule has 2 aromatic heterocycles. The maximum Gasteiger partial charge on any atom is 0.150 e. The number of nitrogens with one attached hydrogen (secondary N) is 1. The smallest absolute Gasteiger partial charge is 0.150 e. The highest BCUT2D eigenvalue weighted by molar-refractivity contribution is 5.50. The zero-order chi connectivity index (χ0) is 14.7. The number of rotatable bonds is 3. The minimum atomic E-state index is 0.408. The van der Waals surface area contributed by atoms with Gasteiger partial charge in [0.1, 0.15) is 17.5 Å². The van der Waals surface area contributed by atoms with Crippen molar-refractivity contribution in [1.29, 1.82) is 0 Å². The molecular weight excluding hydrogens is 264 g/mol. The fourth-order valence-electron chi connectivity index (χ4n) is 2.71. The lowest BCUT2D eigenvalue weighted by molar-refractivity contribution is 0.246. The van der Waals surface area contributed by atoms with Crippen LogP contribution in [0.1, 0.15) is 30.3 Å². The van der Waals surface area contributed by atoms with Gasteiger partial charge in [0.25, 0.3) is 0 Å². The van der Waals surface area contributed by atoms with E-state index in [4.69, 9.17) is 0 Å². The minimum absolute atomic E-state index is 0.408. The number of hydrogen-bond donors (Lipinski definition) is 1. The van der Waals surface area contributed by atoms with Gasteiger partial charge in [-0.3, -0.25) is 4.98 Å². The van der Waals surface area contributed by atoms with Crippen LogP contribution in [0.2, 0.25) is 0 Å². The summed E-state index contributed by atoms with van der Waals surface area (Å²) in [6.07, 6.45) is 7.35. The summed E-state index contributed by atoms with van der Waals surface area (Å²) < 4.78 is 0. The molecule has 0 saturated carbocycles. The fourth-order valence-corrected chi connectivity index (χ4v) is 2.71. The molecule has 0 amide bonds. The topological polar surface area (TPSA) is 66.8 Å². The van der Waals surface area contributed by atoms with E-state index in [1.54, 1.807) is 18.6 Å². The lowest BCUT2D eigenvalue weighted by atomic mass is 9.97. The van der Waals surface area contributed by atoms with Crippen LogP contribution in [-0.4, -0.2) is 45.0 Å². The molecule has 0 spiro atoms. The van der Waals surface area contributed by atoms with Crippen LogP contribution >= 0.6 is 0 Å². The summed E-state index contributed by atoms with van der Waals surface area (Å²) in [5, 5.41) is 3.20. The maximum absolute atomic E-state index is 4.67. The van der Waals surface area contributed by atoms with E-state index in [1.165, 1.54) is 6.42 Å². The number of likely N-dealkylation sites (tertiary alicyclic amines) is 1. The van der Waals surface area contributed by atoms with E-state index in [9.17, 15) is 0 Å². The molecule has 110 valence electrons. The van der Waals surface area contributed by atoms with Crippen molar-refractivity contribution in [2.24, 2.45) is 0 Å². The number of anilines is 2. The van der Waals surface area contributed by atoms with Crippen LogP contribution in [0.3, 0.4) is 0 Å². The summed E-state index contributed by atoms with van der Waals surface area (Å²) in [6, 6.07) is 1.94. The zero-order valence-electron chi connectivity index (χ0n) is 12.5. The van der Waals surface area contributed by atoms with Crippen molar-refractivity contribution in [1.82, 2.24) is 24.8 Å². The number of hydrogen-bond acceptors (Lipinski definition) is 6. The van der Waals surface area contributed by atoms with Gasteiger partial charge in [-0.15, -0.1) is 0 Å². The molecule has 3 rings (SSSR count). The Hall–Kier alpha value is -2.08. The van der Waals surface area contributed by atoms with E-state index < -0.39 is 0 Å².